The van der Waals surface area contributed by atoms with Crippen molar-refractivity contribution in [2.45, 2.75) is 82.4 Å². The largest absolute Gasteiger partial charge is 0.492 e. The zero-order valence-corrected chi connectivity index (χ0v) is 20.7. The van der Waals surface area contributed by atoms with Gasteiger partial charge in [-0.05, 0) is 37.7 Å². The van der Waals surface area contributed by atoms with Crippen LogP contribution in [-0.4, -0.2) is 71.2 Å². The quantitative estimate of drug-likeness (QED) is 0.489. The van der Waals surface area contributed by atoms with Gasteiger partial charge in [-0.25, -0.2) is 4.79 Å². The second-order valence-corrected chi connectivity index (χ2v) is 10.7. The van der Waals surface area contributed by atoms with E-state index in [1.54, 1.807) is 0 Å². The maximum atomic E-state index is 12.3. The normalized spacial score (nSPS) is 35.1. The van der Waals surface area contributed by atoms with Crippen molar-refractivity contribution < 1.29 is 34.3 Å². The number of rotatable bonds is 6. The summed E-state index contributed by atoms with van der Waals surface area (Å²) in [5.74, 6) is 0.993. The Kier molecular flexibility index (Phi) is 7.53. The molecule has 5 rings (SSSR count). The third kappa shape index (κ3) is 4.54. The Morgan fingerprint density at radius 1 is 1.11 bits per heavy atom. The maximum absolute atomic E-state index is 12.3. The van der Waals surface area contributed by atoms with E-state index in [1.165, 1.54) is 39.2 Å². The van der Waals surface area contributed by atoms with Crippen molar-refractivity contribution in [1.82, 2.24) is 4.90 Å². The molecule has 5 atom stereocenters. The van der Waals surface area contributed by atoms with Crippen LogP contribution in [0.15, 0.2) is 34.7 Å². The number of esters is 1. The van der Waals surface area contributed by atoms with Gasteiger partial charge in [0.15, 0.2) is 11.5 Å². The van der Waals surface area contributed by atoms with Crippen LogP contribution in [0.4, 0.5) is 0 Å². The SMILES string of the molecule is COC1=C(CO)C(=O)OC1=C1OC2=CCCN3[C@@H](CCC[C@H]3[C@@H](O)CC3CCCCC3)[C@H]2[C@@H]1CO. The van der Waals surface area contributed by atoms with Crippen molar-refractivity contribution in [3.63, 3.8) is 0 Å². The van der Waals surface area contributed by atoms with Gasteiger partial charge in [0.1, 0.15) is 11.3 Å². The highest BCUT2D eigenvalue weighted by atomic mass is 16.6. The summed E-state index contributed by atoms with van der Waals surface area (Å²) in [7, 11) is 1.43. The molecule has 0 radical (unpaired) electrons. The Bertz CT molecular complexity index is 903. The van der Waals surface area contributed by atoms with Crippen molar-refractivity contribution in [1.29, 1.82) is 0 Å². The van der Waals surface area contributed by atoms with E-state index in [4.69, 9.17) is 14.2 Å². The number of carbonyl (C=O) groups excluding carboxylic acids is 1. The van der Waals surface area contributed by atoms with Crippen molar-refractivity contribution in [3.8, 4) is 0 Å². The van der Waals surface area contributed by atoms with Crippen LogP contribution in [0.2, 0.25) is 0 Å². The average Bonchev–Trinajstić information content (AvgIpc) is 3.34. The zero-order chi connectivity index (χ0) is 24.5. The number of piperidine rings is 1. The van der Waals surface area contributed by atoms with E-state index in [-0.39, 0.29) is 47.8 Å². The monoisotopic (exact) mass is 489 g/mol. The summed E-state index contributed by atoms with van der Waals surface area (Å²) in [6.45, 7) is 0.201. The first-order valence-corrected chi connectivity index (χ1v) is 13.3. The van der Waals surface area contributed by atoms with E-state index in [2.05, 4.69) is 11.0 Å². The molecule has 2 saturated heterocycles. The van der Waals surface area contributed by atoms with Crippen LogP contribution in [0.5, 0.6) is 0 Å². The Morgan fingerprint density at radius 3 is 2.63 bits per heavy atom. The zero-order valence-electron chi connectivity index (χ0n) is 20.7. The Hall–Kier alpha value is -1.87. The topological polar surface area (TPSA) is 109 Å². The predicted octanol–water partition coefficient (Wildman–Crippen LogP) is 2.74. The number of aliphatic hydroxyl groups is 3. The minimum absolute atomic E-state index is 0.0570. The van der Waals surface area contributed by atoms with Crippen LogP contribution < -0.4 is 0 Å². The Balaban J connectivity index is 1.42. The number of hydrogen-bond acceptors (Lipinski definition) is 8. The first kappa shape index (κ1) is 24.8. The summed E-state index contributed by atoms with van der Waals surface area (Å²) >= 11 is 0. The molecule has 0 aromatic rings. The standard InChI is InChI=1S/C27H39NO7/c1-33-24-18(15-30)27(32)35-26(24)25-17(14-29)23-20-10-5-9-19(28(20)12-6-11-22(23)34-25)21(31)13-16-7-3-2-4-8-16/h11,16-17,19-21,23,29-31H,2-10,12-15H2,1H3/t17-,19-,20-,21-,23+/m0/s1. The number of ether oxygens (including phenoxy) is 3. The number of hydrogen-bond donors (Lipinski definition) is 3. The second kappa shape index (κ2) is 10.6. The molecule has 0 aromatic heterocycles. The Morgan fingerprint density at radius 2 is 1.91 bits per heavy atom. The first-order valence-electron chi connectivity index (χ1n) is 13.3. The van der Waals surface area contributed by atoms with Crippen LogP contribution in [0, 0.1) is 17.8 Å². The van der Waals surface area contributed by atoms with E-state index in [1.807, 2.05) is 0 Å². The fourth-order valence-electron chi connectivity index (χ4n) is 7.15. The van der Waals surface area contributed by atoms with E-state index in [0.29, 0.717) is 11.7 Å². The lowest BCUT2D eigenvalue weighted by atomic mass is 9.77. The molecule has 4 aliphatic heterocycles. The molecule has 1 aliphatic carbocycles. The fourth-order valence-corrected chi connectivity index (χ4v) is 7.15. The first-order chi connectivity index (χ1) is 17.1. The van der Waals surface area contributed by atoms with Crippen molar-refractivity contribution in [2.24, 2.45) is 17.8 Å². The minimum Gasteiger partial charge on any atom is -0.492 e. The molecule has 4 heterocycles. The number of methoxy groups -OCH3 is 1. The summed E-state index contributed by atoms with van der Waals surface area (Å²) < 4.78 is 17.2. The highest BCUT2D eigenvalue weighted by Gasteiger charge is 2.51. The average molecular weight is 490 g/mol. The molecule has 3 N–H and O–H groups in total. The number of carbonyl (C=O) groups is 1. The van der Waals surface area contributed by atoms with Crippen molar-refractivity contribution in [2.75, 3.05) is 26.9 Å². The number of nitrogens with zero attached hydrogens (tertiary/aromatic N) is 1. The van der Waals surface area contributed by atoms with Gasteiger partial charge in [0.2, 0.25) is 5.76 Å². The smallest absolute Gasteiger partial charge is 0.345 e. The molecule has 8 nitrogen and oxygen atoms in total. The predicted molar refractivity (Wildman–Crippen MR) is 127 cm³/mol. The van der Waals surface area contributed by atoms with Crippen molar-refractivity contribution >= 4 is 5.97 Å². The van der Waals surface area contributed by atoms with E-state index in [0.717, 1.165) is 44.4 Å². The molecule has 0 unspecified atom stereocenters. The van der Waals surface area contributed by atoms with Gasteiger partial charge in [-0.1, -0.05) is 38.5 Å². The van der Waals surface area contributed by atoms with Crippen LogP contribution in [-0.2, 0) is 19.0 Å². The molecule has 0 bridgehead atoms. The van der Waals surface area contributed by atoms with Gasteiger partial charge < -0.3 is 29.5 Å². The molecular weight excluding hydrogens is 450 g/mol. The van der Waals surface area contributed by atoms with Gasteiger partial charge >= 0.3 is 5.97 Å². The third-order valence-corrected chi connectivity index (χ3v) is 8.77. The van der Waals surface area contributed by atoms with E-state index < -0.39 is 18.5 Å². The highest BCUT2D eigenvalue weighted by Crippen LogP contribution is 2.49. The molecular formula is C27H39NO7. The van der Waals surface area contributed by atoms with Gasteiger partial charge in [0, 0.05) is 24.5 Å². The van der Waals surface area contributed by atoms with Gasteiger partial charge in [0.05, 0.1) is 32.3 Å². The number of aliphatic hydroxyl groups excluding tert-OH is 3. The molecule has 5 aliphatic rings. The summed E-state index contributed by atoms with van der Waals surface area (Å²) in [5.41, 5.74) is 0.0570. The number of fused-ring (bicyclic) bond motifs is 3. The Labute approximate surface area is 207 Å². The molecule has 0 amide bonds. The molecule has 35 heavy (non-hydrogen) atoms. The van der Waals surface area contributed by atoms with E-state index >= 15 is 0 Å². The summed E-state index contributed by atoms with van der Waals surface area (Å²) in [4.78, 5) is 14.8. The fraction of sp³-hybridized carbons (Fsp3) is 0.741. The molecule has 8 heteroatoms. The minimum atomic E-state index is -0.654. The van der Waals surface area contributed by atoms with Crippen LogP contribution >= 0.6 is 0 Å². The van der Waals surface area contributed by atoms with E-state index in [9.17, 15) is 20.1 Å². The molecule has 3 fully saturated rings. The number of cyclic esters (lactones) is 1. The lowest BCUT2D eigenvalue weighted by Gasteiger charge is -2.46. The second-order valence-electron chi connectivity index (χ2n) is 10.7. The summed E-state index contributed by atoms with van der Waals surface area (Å²) in [6.07, 6.45) is 12.7. The van der Waals surface area contributed by atoms with Crippen molar-refractivity contribution in [3.05, 3.63) is 34.7 Å². The molecule has 0 aromatic carbocycles. The van der Waals surface area contributed by atoms with Gasteiger partial charge in [0.25, 0.3) is 0 Å². The molecule has 194 valence electrons. The highest BCUT2D eigenvalue weighted by molar-refractivity contribution is 5.94. The molecule has 1 saturated carbocycles. The molecule has 0 spiro atoms. The van der Waals surface area contributed by atoms with Gasteiger partial charge in [-0.2, -0.15) is 0 Å². The van der Waals surface area contributed by atoms with Gasteiger partial charge in [-0.3, -0.25) is 4.90 Å². The van der Waals surface area contributed by atoms with Crippen LogP contribution in [0.3, 0.4) is 0 Å². The lowest BCUT2D eigenvalue weighted by Crippen LogP contribution is -2.55. The lowest BCUT2D eigenvalue weighted by molar-refractivity contribution is -0.134. The maximum Gasteiger partial charge on any atom is 0.345 e. The van der Waals surface area contributed by atoms with Gasteiger partial charge in [-0.15, -0.1) is 0 Å². The summed E-state index contributed by atoms with van der Waals surface area (Å²) in [6, 6.07) is 0.238. The van der Waals surface area contributed by atoms with Crippen LogP contribution in [0.25, 0.3) is 0 Å². The summed E-state index contributed by atoms with van der Waals surface area (Å²) in [5, 5.41) is 31.5. The van der Waals surface area contributed by atoms with Crippen LogP contribution in [0.1, 0.15) is 64.2 Å². The third-order valence-electron chi connectivity index (χ3n) is 8.77.